The van der Waals surface area contributed by atoms with E-state index in [-0.39, 0.29) is 22.3 Å². The SMILES string of the molecule is CCC(C)n1c(O)c(/C=N/Nc2ccccc2C)c(=O)[nH]c1=S. The van der Waals surface area contributed by atoms with Gasteiger partial charge in [0.25, 0.3) is 5.56 Å². The molecular weight excluding hydrogens is 312 g/mol. The molecule has 0 radical (unpaired) electrons. The average Bonchev–Trinajstić information content (AvgIpc) is 2.51. The van der Waals surface area contributed by atoms with Crippen LogP contribution in [0.5, 0.6) is 5.88 Å². The van der Waals surface area contributed by atoms with Crippen molar-refractivity contribution < 1.29 is 5.11 Å². The highest BCUT2D eigenvalue weighted by atomic mass is 32.1. The zero-order chi connectivity index (χ0) is 17.0. The average molecular weight is 332 g/mol. The number of nitrogens with zero attached hydrogens (tertiary/aromatic N) is 2. The summed E-state index contributed by atoms with van der Waals surface area (Å²) < 4.78 is 1.72. The van der Waals surface area contributed by atoms with Crippen molar-refractivity contribution in [3.63, 3.8) is 0 Å². The first-order valence-corrected chi connectivity index (χ1v) is 7.79. The highest BCUT2D eigenvalue weighted by Crippen LogP contribution is 2.20. The molecule has 0 fully saturated rings. The number of anilines is 1. The minimum atomic E-state index is -0.470. The van der Waals surface area contributed by atoms with Crippen LogP contribution in [0.3, 0.4) is 0 Å². The highest BCUT2D eigenvalue weighted by Gasteiger charge is 2.14. The van der Waals surface area contributed by atoms with E-state index in [0.29, 0.717) is 0 Å². The molecule has 0 aliphatic rings. The van der Waals surface area contributed by atoms with E-state index in [1.165, 1.54) is 10.8 Å². The maximum atomic E-state index is 12.0. The maximum absolute atomic E-state index is 12.0. The van der Waals surface area contributed by atoms with Gasteiger partial charge in [-0.05, 0) is 44.1 Å². The summed E-state index contributed by atoms with van der Waals surface area (Å²) in [6, 6.07) is 7.61. The third-order valence-corrected chi connectivity index (χ3v) is 4.01. The lowest BCUT2D eigenvalue weighted by Gasteiger charge is -2.16. The van der Waals surface area contributed by atoms with Crippen LogP contribution in [0.4, 0.5) is 5.69 Å². The summed E-state index contributed by atoms with van der Waals surface area (Å²) >= 11 is 5.12. The van der Waals surface area contributed by atoms with E-state index in [0.717, 1.165) is 17.7 Å². The number of benzene rings is 1. The molecule has 1 aromatic heterocycles. The number of aromatic nitrogens is 2. The second kappa shape index (κ2) is 7.23. The fraction of sp³-hybridized carbons (Fsp3) is 0.312. The number of nitrogens with one attached hydrogen (secondary N) is 2. The molecule has 0 spiro atoms. The van der Waals surface area contributed by atoms with Crippen LogP contribution in [0, 0.1) is 11.7 Å². The van der Waals surface area contributed by atoms with Crippen molar-refractivity contribution in [3.8, 4) is 5.88 Å². The van der Waals surface area contributed by atoms with Crippen molar-refractivity contribution >= 4 is 24.1 Å². The Hall–Kier alpha value is -2.41. The molecule has 0 saturated carbocycles. The molecule has 122 valence electrons. The Bertz CT molecular complexity index is 839. The third-order valence-electron chi connectivity index (χ3n) is 3.71. The zero-order valence-corrected chi connectivity index (χ0v) is 14.1. The van der Waals surface area contributed by atoms with Crippen molar-refractivity contribution in [2.24, 2.45) is 5.10 Å². The van der Waals surface area contributed by atoms with E-state index in [4.69, 9.17) is 12.2 Å². The Morgan fingerprint density at radius 1 is 1.48 bits per heavy atom. The minimum Gasteiger partial charge on any atom is -0.494 e. The van der Waals surface area contributed by atoms with E-state index in [9.17, 15) is 9.90 Å². The third kappa shape index (κ3) is 3.68. The number of hydrogen-bond acceptors (Lipinski definition) is 5. The summed E-state index contributed by atoms with van der Waals surface area (Å²) in [7, 11) is 0. The summed E-state index contributed by atoms with van der Waals surface area (Å²) in [5, 5.41) is 14.4. The fourth-order valence-electron chi connectivity index (χ4n) is 2.12. The van der Waals surface area contributed by atoms with Crippen molar-refractivity contribution in [1.82, 2.24) is 9.55 Å². The molecule has 0 amide bonds. The molecule has 0 bridgehead atoms. The van der Waals surface area contributed by atoms with Crippen molar-refractivity contribution in [2.75, 3.05) is 5.43 Å². The Morgan fingerprint density at radius 2 is 2.17 bits per heavy atom. The van der Waals surface area contributed by atoms with Gasteiger partial charge < -0.3 is 5.11 Å². The minimum absolute atomic E-state index is 0.0316. The molecular formula is C16H20N4O2S. The van der Waals surface area contributed by atoms with Crippen LogP contribution < -0.4 is 11.0 Å². The largest absolute Gasteiger partial charge is 0.494 e. The predicted molar refractivity (Wildman–Crippen MR) is 94.9 cm³/mol. The number of hydrazone groups is 1. The monoisotopic (exact) mass is 332 g/mol. The molecule has 1 atom stereocenters. The lowest BCUT2D eigenvalue weighted by Crippen LogP contribution is -2.20. The molecule has 1 heterocycles. The van der Waals surface area contributed by atoms with Crippen LogP contribution in [0.1, 0.15) is 37.4 Å². The van der Waals surface area contributed by atoms with Gasteiger partial charge in [0.05, 0.1) is 11.9 Å². The van der Waals surface area contributed by atoms with Crippen LogP contribution in [-0.4, -0.2) is 20.9 Å². The first kappa shape index (κ1) is 17.0. The predicted octanol–water partition coefficient (Wildman–Crippen LogP) is 3.34. The Balaban J connectivity index is 2.37. The topological polar surface area (TPSA) is 82.4 Å². The number of aromatic hydroxyl groups is 1. The van der Waals surface area contributed by atoms with E-state index >= 15 is 0 Å². The molecule has 3 N–H and O–H groups in total. The molecule has 1 aromatic carbocycles. The summed E-state index contributed by atoms with van der Waals surface area (Å²) in [4.78, 5) is 14.6. The number of para-hydroxylation sites is 1. The van der Waals surface area contributed by atoms with Crippen molar-refractivity contribution in [1.29, 1.82) is 0 Å². The maximum Gasteiger partial charge on any atom is 0.264 e. The van der Waals surface area contributed by atoms with Gasteiger partial charge in [0.1, 0.15) is 5.56 Å². The fourth-order valence-corrected chi connectivity index (χ4v) is 2.48. The molecule has 0 saturated heterocycles. The summed E-state index contributed by atoms with van der Waals surface area (Å²) in [6.07, 6.45) is 2.07. The van der Waals surface area contributed by atoms with Gasteiger partial charge in [-0.1, -0.05) is 25.1 Å². The molecule has 2 rings (SSSR count). The van der Waals surface area contributed by atoms with Gasteiger partial charge >= 0.3 is 0 Å². The number of rotatable bonds is 5. The smallest absolute Gasteiger partial charge is 0.264 e. The van der Waals surface area contributed by atoms with Crippen LogP contribution in [-0.2, 0) is 0 Å². The Morgan fingerprint density at radius 3 is 2.83 bits per heavy atom. The van der Waals surface area contributed by atoms with Gasteiger partial charge in [-0.2, -0.15) is 5.10 Å². The van der Waals surface area contributed by atoms with E-state index in [1.807, 2.05) is 45.0 Å². The summed E-state index contributed by atoms with van der Waals surface area (Å²) in [6.45, 7) is 5.84. The van der Waals surface area contributed by atoms with Crippen LogP contribution in [0.2, 0.25) is 0 Å². The van der Waals surface area contributed by atoms with Crippen LogP contribution in [0.25, 0.3) is 0 Å². The van der Waals surface area contributed by atoms with Crippen LogP contribution >= 0.6 is 12.2 Å². The number of hydrogen-bond donors (Lipinski definition) is 3. The molecule has 23 heavy (non-hydrogen) atoms. The van der Waals surface area contributed by atoms with E-state index in [2.05, 4.69) is 15.5 Å². The van der Waals surface area contributed by atoms with E-state index in [1.54, 1.807) is 0 Å². The van der Waals surface area contributed by atoms with Crippen LogP contribution in [0.15, 0.2) is 34.2 Å². The first-order chi connectivity index (χ1) is 11.0. The Kier molecular flexibility index (Phi) is 5.33. The standard InChI is InChI=1S/C16H20N4O2S/c1-4-11(3)20-15(22)12(14(21)18-16(20)23)9-17-19-13-8-6-5-7-10(13)2/h5-9,11,19,22H,4H2,1-3H3,(H,18,21,23)/b17-9+. The molecule has 0 aliphatic heterocycles. The van der Waals surface area contributed by atoms with Gasteiger partial charge in [0.2, 0.25) is 5.88 Å². The van der Waals surface area contributed by atoms with Gasteiger partial charge in [-0.15, -0.1) is 0 Å². The summed E-state index contributed by atoms with van der Waals surface area (Å²) in [5.74, 6) is -0.177. The van der Waals surface area contributed by atoms with Crippen molar-refractivity contribution in [2.45, 2.75) is 33.2 Å². The zero-order valence-electron chi connectivity index (χ0n) is 13.3. The quantitative estimate of drug-likeness (QED) is 0.445. The number of aromatic amines is 1. The van der Waals surface area contributed by atoms with Gasteiger partial charge in [-0.3, -0.25) is 19.8 Å². The molecule has 7 heteroatoms. The number of H-pyrrole nitrogens is 1. The normalized spacial score (nSPS) is 12.5. The lowest BCUT2D eigenvalue weighted by atomic mass is 10.2. The molecule has 1 unspecified atom stereocenters. The van der Waals surface area contributed by atoms with E-state index < -0.39 is 5.56 Å². The van der Waals surface area contributed by atoms with Crippen molar-refractivity contribution in [3.05, 3.63) is 50.5 Å². The van der Waals surface area contributed by atoms with Gasteiger partial charge in [-0.25, -0.2) is 0 Å². The van der Waals surface area contributed by atoms with Gasteiger partial charge in [0.15, 0.2) is 4.77 Å². The summed E-state index contributed by atoms with van der Waals surface area (Å²) in [5.41, 5.74) is 4.32. The molecule has 6 nitrogen and oxygen atoms in total. The second-order valence-electron chi connectivity index (χ2n) is 5.31. The highest BCUT2D eigenvalue weighted by molar-refractivity contribution is 7.71. The number of aryl methyl sites for hydroxylation is 1. The Labute approximate surface area is 139 Å². The van der Waals surface area contributed by atoms with Gasteiger partial charge in [0, 0.05) is 6.04 Å². The molecule has 0 aliphatic carbocycles. The second-order valence-corrected chi connectivity index (χ2v) is 5.70. The lowest BCUT2D eigenvalue weighted by molar-refractivity contribution is 0.371. The molecule has 2 aromatic rings. The first-order valence-electron chi connectivity index (χ1n) is 7.38.